The van der Waals surface area contributed by atoms with Crippen LogP contribution in [-0.2, 0) is 18.9 Å². The zero-order valence-electron chi connectivity index (χ0n) is 19.2. The summed E-state index contributed by atoms with van der Waals surface area (Å²) >= 11 is 1.21. The number of nitrogens with zero attached hydrogens (tertiary/aromatic N) is 5. The number of likely N-dealkylation sites (tertiary alicyclic amines) is 1. The number of benzene rings is 1. The van der Waals surface area contributed by atoms with E-state index in [4.69, 9.17) is 4.74 Å². The molecule has 1 amide bonds. The fraction of sp³-hybridized carbons (Fsp3) is 0.435. The maximum absolute atomic E-state index is 13.0. The van der Waals surface area contributed by atoms with E-state index in [9.17, 15) is 14.4 Å². The molecule has 0 atom stereocenters. The van der Waals surface area contributed by atoms with Gasteiger partial charge in [-0.25, -0.2) is 14.8 Å². The summed E-state index contributed by atoms with van der Waals surface area (Å²) in [4.78, 5) is 49.4. The van der Waals surface area contributed by atoms with E-state index in [1.54, 1.807) is 26.3 Å². The van der Waals surface area contributed by atoms with Crippen LogP contribution in [0.15, 0.2) is 38.9 Å². The Kier molecular flexibility index (Phi) is 6.55. The number of carbonyl (C=O) groups excluding carboxylic acids is 1. The molecule has 0 bridgehead atoms. The van der Waals surface area contributed by atoms with Gasteiger partial charge in [-0.15, -0.1) is 0 Å². The van der Waals surface area contributed by atoms with Crippen LogP contribution in [-0.4, -0.2) is 55.9 Å². The second-order valence-corrected chi connectivity index (χ2v) is 9.30. The van der Waals surface area contributed by atoms with Gasteiger partial charge in [-0.2, -0.15) is 0 Å². The zero-order valence-corrected chi connectivity index (χ0v) is 20.0. The Labute approximate surface area is 195 Å². The van der Waals surface area contributed by atoms with E-state index in [0.29, 0.717) is 28.1 Å². The van der Waals surface area contributed by atoms with Crippen LogP contribution in [0.1, 0.15) is 19.8 Å². The molecule has 9 nitrogen and oxygen atoms in total. The molecule has 2 aromatic heterocycles. The van der Waals surface area contributed by atoms with Crippen molar-refractivity contribution in [2.45, 2.75) is 24.8 Å². The van der Waals surface area contributed by atoms with Gasteiger partial charge in [-0.05, 0) is 43.0 Å². The molecule has 33 heavy (non-hydrogen) atoms. The molecule has 0 radical (unpaired) electrons. The summed E-state index contributed by atoms with van der Waals surface area (Å²) in [5.74, 6) is 1.87. The fourth-order valence-electron chi connectivity index (χ4n) is 3.88. The summed E-state index contributed by atoms with van der Waals surface area (Å²) in [6.07, 6.45) is 1.99. The first kappa shape index (κ1) is 23.0. The molecule has 1 aromatic carbocycles. The Bertz CT molecular complexity index is 1310. The van der Waals surface area contributed by atoms with Gasteiger partial charge in [0.1, 0.15) is 16.2 Å². The van der Waals surface area contributed by atoms with Gasteiger partial charge in [0, 0.05) is 32.7 Å². The highest BCUT2D eigenvalue weighted by atomic mass is 32.2. The summed E-state index contributed by atoms with van der Waals surface area (Å²) in [5, 5.41) is 0.627. The van der Waals surface area contributed by atoms with E-state index < -0.39 is 11.2 Å². The number of hydrogen-bond donors (Lipinski definition) is 0. The molecule has 174 valence electrons. The lowest BCUT2D eigenvalue weighted by Gasteiger charge is -2.30. The summed E-state index contributed by atoms with van der Waals surface area (Å²) in [7, 11) is 4.58. The van der Waals surface area contributed by atoms with E-state index in [-0.39, 0.29) is 22.7 Å². The number of rotatable bonds is 5. The van der Waals surface area contributed by atoms with Crippen molar-refractivity contribution in [1.82, 2.24) is 24.0 Å². The molecule has 10 heteroatoms. The lowest BCUT2D eigenvalue weighted by Crippen LogP contribution is -2.39. The molecule has 0 unspecified atom stereocenters. The predicted octanol–water partition coefficient (Wildman–Crippen LogP) is 2.05. The van der Waals surface area contributed by atoms with Crippen molar-refractivity contribution in [3.05, 3.63) is 45.1 Å². The molecule has 0 N–H and O–H groups in total. The number of aryl methyl sites for hydroxylation is 1. The number of fused-ring (bicyclic) bond motifs is 1. The first-order valence-corrected chi connectivity index (χ1v) is 11.8. The molecule has 0 aliphatic carbocycles. The summed E-state index contributed by atoms with van der Waals surface area (Å²) in [5.41, 5.74) is 0.00663. The third-order valence-electron chi connectivity index (χ3n) is 6.08. The minimum atomic E-state index is -0.476. The summed E-state index contributed by atoms with van der Waals surface area (Å²) in [6, 6.07) is 7.21. The molecule has 1 aliphatic heterocycles. The van der Waals surface area contributed by atoms with E-state index in [1.807, 2.05) is 17.0 Å². The zero-order chi connectivity index (χ0) is 23.7. The molecule has 1 saturated heterocycles. The lowest BCUT2D eigenvalue weighted by atomic mass is 9.99. The maximum atomic E-state index is 13.0. The normalized spacial score (nSPS) is 14.6. The second kappa shape index (κ2) is 9.38. The third-order valence-corrected chi connectivity index (χ3v) is 7.04. The number of amides is 1. The van der Waals surface area contributed by atoms with Crippen molar-refractivity contribution < 1.29 is 9.53 Å². The van der Waals surface area contributed by atoms with Gasteiger partial charge in [0.25, 0.3) is 5.56 Å². The average molecular weight is 470 g/mol. The first-order chi connectivity index (χ1) is 15.8. The van der Waals surface area contributed by atoms with Crippen LogP contribution < -0.4 is 16.0 Å². The van der Waals surface area contributed by atoms with Gasteiger partial charge in [0.2, 0.25) is 5.91 Å². The highest BCUT2D eigenvalue weighted by Crippen LogP contribution is 2.27. The topological polar surface area (TPSA) is 99.3 Å². The Morgan fingerprint density at radius 3 is 2.39 bits per heavy atom. The SMILES string of the molecule is COc1ccc(-c2nc(SCC(=O)N3CCC(C)CC3)c3c(=O)n(C)c(=O)n(C)c3n2)cc1. The quantitative estimate of drug-likeness (QED) is 0.417. The van der Waals surface area contributed by atoms with E-state index in [0.717, 1.165) is 30.5 Å². The highest BCUT2D eigenvalue weighted by Gasteiger charge is 2.23. The Hall–Kier alpha value is -3.14. The van der Waals surface area contributed by atoms with Crippen molar-refractivity contribution in [2.24, 2.45) is 20.0 Å². The maximum Gasteiger partial charge on any atom is 0.332 e. The fourth-order valence-corrected chi connectivity index (χ4v) is 4.80. The van der Waals surface area contributed by atoms with E-state index in [2.05, 4.69) is 16.9 Å². The smallest absolute Gasteiger partial charge is 0.332 e. The Morgan fingerprint density at radius 1 is 1.09 bits per heavy atom. The van der Waals surface area contributed by atoms with Gasteiger partial charge in [0.05, 0.1) is 12.9 Å². The number of hydrogen-bond acceptors (Lipinski definition) is 7. The molecule has 1 fully saturated rings. The van der Waals surface area contributed by atoms with Gasteiger partial charge in [-0.3, -0.25) is 18.7 Å². The van der Waals surface area contributed by atoms with Crippen LogP contribution in [0.3, 0.4) is 0 Å². The van der Waals surface area contributed by atoms with Crippen molar-refractivity contribution in [2.75, 3.05) is 26.0 Å². The van der Waals surface area contributed by atoms with E-state index >= 15 is 0 Å². The number of methoxy groups -OCH3 is 1. The summed E-state index contributed by atoms with van der Waals surface area (Å²) in [6.45, 7) is 3.70. The average Bonchev–Trinajstić information content (AvgIpc) is 2.84. The molecular weight excluding hydrogens is 442 g/mol. The van der Waals surface area contributed by atoms with Gasteiger partial charge in [0.15, 0.2) is 11.5 Å². The van der Waals surface area contributed by atoms with Crippen LogP contribution in [0.25, 0.3) is 22.4 Å². The van der Waals surface area contributed by atoms with E-state index in [1.165, 1.54) is 23.4 Å². The van der Waals surface area contributed by atoms with Crippen molar-refractivity contribution in [3.8, 4) is 17.1 Å². The van der Waals surface area contributed by atoms with Crippen molar-refractivity contribution in [1.29, 1.82) is 0 Å². The predicted molar refractivity (Wildman–Crippen MR) is 128 cm³/mol. The molecule has 3 aromatic rings. The van der Waals surface area contributed by atoms with Gasteiger partial charge < -0.3 is 9.64 Å². The largest absolute Gasteiger partial charge is 0.497 e. The standard InChI is InChI=1S/C23H27N5O4S/c1-14-9-11-28(12-10-14)17(29)13-33-21-18-20(26(2)23(31)27(3)22(18)30)24-19(25-21)15-5-7-16(32-4)8-6-15/h5-8,14H,9-13H2,1-4H3. The van der Waals surface area contributed by atoms with Crippen molar-refractivity contribution >= 4 is 28.7 Å². The molecular formula is C23H27N5O4S. The third kappa shape index (κ3) is 4.52. The molecule has 3 heterocycles. The van der Waals surface area contributed by atoms with Crippen LogP contribution in [0.2, 0.25) is 0 Å². The molecule has 0 saturated carbocycles. The Balaban J connectivity index is 1.76. The molecule has 1 aliphatic rings. The number of thioether (sulfide) groups is 1. The minimum Gasteiger partial charge on any atom is -0.497 e. The number of ether oxygens (including phenoxy) is 1. The number of aromatic nitrogens is 4. The van der Waals surface area contributed by atoms with Crippen molar-refractivity contribution in [3.63, 3.8) is 0 Å². The first-order valence-electron chi connectivity index (χ1n) is 10.8. The van der Waals surface area contributed by atoms with Crippen LogP contribution in [0, 0.1) is 5.92 Å². The lowest BCUT2D eigenvalue weighted by molar-refractivity contribution is -0.129. The number of piperidine rings is 1. The van der Waals surface area contributed by atoms with Gasteiger partial charge >= 0.3 is 5.69 Å². The van der Waals surface area contributed by atoms with Gasteiger partial charge in [-0.1, -0.05) is 18.7 Å². The number of carbonyl (C=O) groups is 1. The molecule has 4 rings (SSSR count). The second-order valence-electron chi connectivity index (χ2n) is 8.34. The summed E-state index contributed by atoms with van der Waals surface area (Å²) < 4.78 is 7.59. The minimum absolute atomic E-state index is 0.0197. The monoisotopic (exact) mass is 469 g/mol. The van der Waals surface area contributed by atoms with Crippen LogP contribution in [0.5, 0.6) is 5.75 Å². The Morgan fingerprint density at radius 2 is 1.76 bits per heavy atom. The molecule has 0 spiro atoms. The van der Waals surface area contributed by atoms with Crippen LogP contribution >= 0.6 is 11.8 Å². The van der Waals surface area contributed by atoms with Crippen LogP contribution in [0.4, 0.5) is 0 Å². The highest BCUT2D eigenvalue weighted by molar-refractivity contribution is 8.00.